The molecule has 0 nitrogen and oxygen atoms in total. The molecule has 0 unspecified atom stereocenters. The number of benzene rings is 2. The highest BCUT2D eigenvalue weighted by Gasteiger charge is 1.83. The van der Waals surface area contributed by atoms with Crippen LogP contribution in [0.3, 0.4) is 0 Å². The van der Waals surface area contributed by atoms with E-state index in [1.54, 1.807) is 0 Å². The summed E-state index contributed by atoms with van der Waals surface area (Å²) in [6.45, 7) is 7.87. The van der Waals surface area contributed by atoms with Crippen molar-refractivity contribution in [1.29, 1.82) is 0 Å². The lowest BCUT2D eigenvalue weighted by Gasteiger charge is -1.93. The molecular formula is C18H20. The fraction of sp³-hybridized carbons (Fsp3) is 0.111. The molecular weight excluding hydrogens is 216 g/mol. The molecule has 0 aliphatic carbocycles. The van der Waals surface area contributed by atoms with Gasteiger partial charge in [0.15, 0.2) is 0 Å². The van der Waals surface area contributed by atoms with Crippen molar-refractivity contribution in [1.82, 2.24) is 0 Å². The normalized spacial score (nSPS) is 8.00. The minimum atomic E-state index is 1.17. The third-order valence-electron chi connectivity index (χ3n) is 2.46. The summed E-state index contributed by atoms with van der Waals surface area (Å²) in [5.74, 6) is 0. The Morgan fingerprint density at radius 1 is 0.778 bits per heavy atom. The van der Waals surface area contributed by atoms with Crippen LogP contribution in [0.25, 0.3) is 6.08 Å². The lowest BCUT2D eigenvalue weighted by atomic mass is 10.1. The summed E-state index contributed by atoms with van der Waals surface area (Å²) < 4.78 is 0. The van der Waals surface area contributed by atoms with Crippen LogP contribution in [-0.2, 0) is 0 Å². The van der Waals surface area contributed by atoms with Crippen LogP contribution in [0.1, 0.15) is 16.7 Å². The Bertz CT molecular complexity index is 443. The highest BCUT2D eigenvalue weighted by atomic mass is 13.9. The maximum Gasteiger partial charge on any atom is -0.0263 e. The lowest BCUT2D eigenvalue weighted by molar-refractivity contribution is 1.34. The highest BCUT2D eigenvalue weighted by molar-refractivity contribution is 5.45. The average molecular weight is 236 g/mol. The molecule has 0 aliphatic heterocycles. The molecule has 0 N–H and O–H groups in total. The quantitative estimate of drug-likeness (QED) is 0.619. The first kappa shape index (κ1) is 15.7. The average Bonchev–Trinajstić information content (AvgIpc) is 2.46. The molecule has 92 valence electrons. The molecule has 0 heteroatoms. The number of terminal acetylenes is 1. The van der Waals surface area contributed by atoms with Gasteiger partial charge in [0.2, 0.25) is 0 Å². The molecule has 0 radical (unpaired) electrons. The Labute approximate surface area is 111 Å². The van der Waals surface area contributed by atoms with Gasteiger partial charge in [0, 0.05) is 0 Å². The first-order valence-corrected chi connectivity index (χ1v) is 5.77. The Balaban J connectivity index is 0.000000283. The molecule has 0 heterocycles. The van der Waals surface area contributed by atoms with E-state index in [4.69, 9.17) is 0 Å². The Morgan fingerprint density at radius 3 is 1.44 bits per heavy atom. The van der Waals surface area contributed by atoms with Crippen molar-refractivity contribution in [3.8, 4) is 12.8 Å². The molecule has 0 atom stereocenters. The summed E-state index contributed by atoms with van der Waals surface area (Å²) >= 11 is 0. The molecule has 2 rings (SSSR count). The minimum absolute atomic E-state index is 1.17. The standard InChI is InChI=1S/C8H10.C8H8.C2H2/c1-7-5-3-4-6-8(7)2;1-2-8-6-4-3-5-7-8;1-2/h3-6H,1-2H3;2-7H,1H2;1-2H. The van der Waals surface area contributed by atoms with Crippen LogP contribution < -0.4 is 0 Å². The van der Waals surface area contributed by atoms with Gasteiger partial charge in [-0.1, -0.05) is 67.3 Å². The van der Waals surface area contributed by atoms with Gasteiger partial charge in [0.05, 0.1) is 0 Å². The predicted molar refractivity (Wildman–Crippen MR) is 82.3 cm³/mol. The molecule has 0 aromatic heterocycles. The second-order valence-electron chi connectivity index (χ2n) is 3.70. The maximum atomic E-state index is 4.00. The summed E-state index contributed by atoms with van der Waals surface area (Å²) in [6.07, 6.45) is 9.83. The second kappa shape index (κ2) is 9.93. The molecule has 0 bridgehead atoms. The maximum absolute atomic E-state index is 4.00. The van der Waals surface area contributed by atoms with E-state index in [1.807, 2.05) is 36.4 Å². The molecule has 0 amide bonds. The summed E-state index contributed by atoms with van der Waals surface area (Å²) in [7, 11) is 0. The van der Waals surface area contributed by atoms with Crippen molar-refractivity contribution in [3.63, 3.8) is 0 Å². The number of hydrogen-bond acceptors (Lipinski definition) is 0. The summed E-state index contributed by atoms with van der Waals surface area (Å²) in [4.78, 5) is 0. The third-order valence-corrected chi connectivity index (χ3v) is 2.46. The topological polar surface area (TPSA) is 0 Å². The Kier molecular flexibility index (Phi) is 8.68. The second-order valence-corrected chi connectivity index (χ2v) is 3.70. The molecule has 0 aliphatic rings. The largest absolute Gasteiger partial charge is 0.124 e. The number of hydrogen-bond donors (Lipinski definition) is 0. The molecule has 0 spiro atoms. The van der Waals surface area contributed by atoms with Gasteiger partial charge in [0.1, 0.15) is 0 Å². The van der Waals surface area contributed by atoms with Gasteiger partial charge in [-0.05, 0) is 30.5 Å². The van der Waals surface area contributed by atoms with E-state index in [0.29, 0.717) is 0 Å². The molecule has 0 saturated carbocycles. The number of aryl methyl sites for hydroxylation is 2. The Morgan fingerprint density at radius 2 is 1.17 bits per heavy atom. The van der Waals surface area contributed by atoms with Crippen LogP contribution in [0, 0.1) is 26.7 Å². The predicted octanol–water partition coefficient (Wildman–Crippen LogP) is 4.88. The molecule has 0 saturated heterocycles. The van der Waals surface area contributed by atoms with E-state index < -0.39 is 0 Å². The molecule has 2 aromatic carbocycles. The van der Waals surface area contributed by atoms with Crippen LogP contribution in [0.2, 0.25) is 0 Å². The zero-order valence-corrected chi connectivity index (χ0v) is 11.1. The van der Waals surface area contributed by atoms with E-state index in [0.717, 1.165) is 0 Å². The Hall–Kier alpha value is -2.26. The van der Waals surface area contributed by atoms with E-state index in [9.17, 15) is 0 Å². The first-order valence-electron chi connectivity index (χ1n) is 5.77. The molecule has 18 heavy (non-hydrogen) atoms. The van der Waals surface area contributed by atoms with Gasteiger partial charge < -0.3 is 0 Å². The third kappa shape index (κ3) is 6.35. The summed E-state index contributed by atoms with van der Waals surface area (Å²) in [6, 6.07) is 18.4. The fourth-order valence-corrected chi connectivity index (χ4v) is 1.25. The molecule has 0 fully saturated rings. The van der Waals surface area contributed by atoms with Crippen LogP contribution in [0.5, 0.6) is 0 Å². The molecule has 2 aromatic rings. The van der Waals surface area contributed by atoms with Gasteiger partial charge in [-0.15, -0.1) is 12.8 Å². The van der Waals surface area contributed by atoms with Crippen LogP contribution in [0.4, 0.5) is 0 Å². The smallest absolute Gasteiger partial charge is 0.0263 e. The lowest BCUT2D eigenvalue weighted by Crippen LogP contribution is -1.74. The van der Waals surface area contributed by atoms with Gasteiger partial charge in [0.25, 0.3) is 0 Å². The summed E-state index contributed by atoms with van der Waals surface area (Å²) in [5, 5.41) is 0. The summed E-state index contributed by atoms with van der Waals surface area (Å²) in [5.41, 5.74) is 3.91. The zero-order chi connectivity index (χ0) is 13.8. The van der Waals surface area contributed by atoms with E-state index >= 15 is 0 Å². The van der Waals surface area contributed by atoms with E-state index in [-0.39, 0.29) is 0 Å². The van der Waals surface area contributed by atoms with Crippen LogP contribution in [0.15, 0.2) is 61.2 Å². The van der Waals surface area contributed by atoms with Gasteiger partial charge >= 0.3 is 0 Å². The SMILES string of the molecule is C#C.C=Cc1ccccc1.Cc1ccccc1C. The van der Waals surface area contributed by atoms with Gasteiger partial charge in [-0.2, -0.15) is 0 Å². The van der Waals surface area contributed by atoms with Crippen molar-refractivity contribution in [3.05, 3.63) is 77.9 Å². The van der Waals surface area contributed by atoms with Crippen molar-refractivity contribution in [2.45, 2.75) is 13.8 Å². The first-order chi connectivity index (χ1) is 8.74. The highest BCUT2D eigenvalue weighted by Crippen LogP contribution is 2.02. The fourth-order valence-electron chi connectivity index (χ4n) is 1.25. The van der Waals surface area contributed by atoms with Crippen molar-refractivity contribution < 1.29 is 0 Å². The van der Waals surface area contributed by atoms with E-state index in [2.05, 4.69) is 57.5 Å². The van der Waals surface area contributed by atoms with Crippen LogP contribution in [-0.4, -0.2) is 0 Å². The van der Waals surface area contributed by atoms with Gasteiger partial charge in [-0.3, -0.25) is 0 Å². The zero-order valence-electron chi connectivity index (χ0n) is 11.1. The van der Waals surface area contributed by atoms with Crippen molar-refractivity contribution in [2.24, 2.45) is 0 Å². The monoisotopic (exact) mass is 236 g/mol. The van der Waals surface area contributed by atoms with Crippen molar-refractivity contribution >= 4 is 6.08 Å². The number of rotatable bonds is 1. The van der Waals surface area contributed by atoms with Crippen LogP contribution >= 0.6 is 0 Å². The van der Waals surface area contributed by atoms with Gasteiger partial charge in [-0.25, -0.2) is 0 Å². The minimum Gasteiger partial charge on any atom is -0.124 e. The van der Waals surface area contributed by atoms with Crippen molar-refractivity contribution in [2.75, 3.05) is 0 Å². The van der Waals surface area contributed by atoms with E-state index in [1.165, 1.54) is 16.7 Å².